The molecular formula is C78H151NO18. The molecule has 3 aliphatic heterocycles. The number of unbranched alkanes of at least 4 members (excludes halogenated alkanes) is 50. The predicted molar refractivity (Wildman–Crippen MR) is 384 cm³/mol. The number of nitrogens with one attached hydrogen (secondary N) is 1. The van der Waals surface area contributed by atoms with Crippen molar-refractivity contribution in [3.05, 3.63) is 0 Å². The minimum absolute atomic E-state index is 0.233. The van der Waals surface area contributed by atoms with E-state index < -0.39 is 124 Å². The zero-order chi connectivity index (χ0) is 70.4. The van der Waals surface area contributed by atoms with Gasteiger partial charge in [-0.15, -0.1) is 0 Å². The fraction of sp³-hybridized carbons (Fsp3) is 0.987. The van der Waals surface area contributed by atoms with Gasteiger partial charge in [-0.05, 0) is 12.8 Å². The lowest BCUT2D eigenvalue weighted by molar-refractivity contribution is -0.379. The van der Waals surface area contributed by atoms with E-state index in [0.717, 1.165) is 44.9 Å². The summed E-state index contributed by atoms with van der Waals surface area (Å²) in [6, 6.07) is -0.883. The molecule has 576 valence electrons. The van der Waals surface area contributed by atoms with Crippen LogP contribution in [0.4, 0.5) is 0 Å². The Balaban J connectivity index is 1.33. The lowest BCUT2D eigenvalue weighted by Gasteiger charge is -2.48. The summed E-state index contributed by atoms with van der Waals surface area (Å²) in [5.41, 5.74) is 0. The molecule has 17 atom stereocenters. The van der Waals surface area contributed by atoms with Crippen LogP contribution in [-0.2, 0) is 33.2 Å². The Morgan fingerprint density at radius 3 is 0.897 bits per heavy atom. The summed E-state index contributed by atoms with van der Waals surface area (Å²) in [5.74, 6) is -0.233. The van der Waals surface area contributed by atoms with Crippen LogP contribution in [0.3, 0.4) is 0 Å². The molecule has 0 aromatic rings. The van der Waals surface area contributed by atoms with Crippen molar-refractivity contribution in [3.8, 4) is 0 Å². The largest absolute Gasteiger partial charge is 0.394 e. The monoisotopic (exact) mass is 1390 g/mol. The average Bonchev–Trinajstić information content (AvgIpc) is 0.845. The van der Waals surface area contributed by atoms with Crippen molar-refractivity contribution in [2.75, 3.05) is 26.4 Å². The SMILES string of the molecule is CCCCCCCCCCCCCCCCCCCCCCCCCCCCCCCCCCCC(=O)NC(COC1OC(CO)C(OC2OC(CO)C(OC3OC(CO)C(O)C(O)C3O)C(O)C2O)C(O)C1O)C(O)CCCCCCCCCCCCCCCCCCCCC. The number of aliphatic hydroxyl groups excluding tert-OH is 11. The van der Waals surface area contributed by atoms with Crippen LogP contribution in [0, 0.1) is 0 Å². The van der Waals surface area contributed by atoms with Crippen molar-refractivity contribution < 1.29 is 89.4 Å². The second kappa shape index (κ2) is 60.1. The molecule has 19 heteroatoms. The van der Waals surface area contributed by atoms with Crippen molar-refractivity contribution in [2.24, 2.45) is 0 Å². The van der Waals surface area contributed by atoms with Gasteiger partial charge < -0.3 is 89.9 Å². The van der Waals surface area contributed by atoms with Gasteiger partial charge >= 0.3 is 0 Å². The van der Waals surface area contributed by atoms with Gasteiger partial charge in [-0.1, -0.05) is 341 Å². The molecule has 0 bridgehead atoms. The van der Waals surface area contributed by atoms with Crippen LogP contribution in [0.25, 0.3) is 0 Å². The first-order valence-corrected chi connectivity index (χ1v) is 40.8. The maximum absolute atomic E-state index is 13.5. The molecule has 19 nitrogen and oxygen atoms in total. The molecule has 17 unspecified atom stereocenters. The van der Waals surface area contributed by atoms with E-state index in [1.807, 2.05) is 0 Å². The molecule has 3 heterocycles. The summed E-state index contributed by atoms with van der Waals surface area (Å²) < 4.78 is 34.5. The average molecular weight is 1390 g/mol. The zero-order valence-corrected chi connectivity index (χ0v) is 61.6. The summed E-state index contributed by atoms with van der Waals surface area (Å²) in [6.45, 7) is 1.87. The van der Waals surface area contributed by atoms with Gasteiger partial charge in [0.25, 0.3) is 0 Å². The number of hydrogen-bond acceptors (Lipinski definition) is 18. The van der Waals surface area contributed by atoms with E-state index in [-0.39, 0.29) is 18.9 Å². The zero-order valence-electron chi connectivity index (χ0n) is 61.6. The smallest absolute Gasteiger partial charge is 0.220 e. The first-order chi connectivity index (χ1) is 47.3. The molecule has 0 aliphatic carbocycles. The number of rotatable bonds is 66. The lowest BCUT2D eigenvalue weighted by atomic mass is 9.96. The Labute approximate surface area is 589 Å². The Bertz CT molecular complexity index is 1760. The summed E-state index contributed by atoms with van der Waals surface area (Å²) in [5, 5.41) is 121. The van der Waals surface area contributed by atoms with Crippen LogP contribution in [0.15, 0.2) is 0 Å². The molecule has 3 rings (SSSR count). The highest BCUT2D eigenvalue weighted by molar-refractivity contribution is 5.76. The number of carbonyl (C=O) groups excluding carboxylic acids is 1. The standard InChI is InChI=1S/C78H151NO18/c1-3-5-7-9-11-13-15-17-19-21-23-24-25-26-27-28-29-30-31-32-33-34-35-36-38-40-42-44-46-48-50-52-54-56-66(84)79-61(62(83)55-53-51-49-47-45-43-41-39-37-22-20-18-16-14-12-10-8-6-4-2)60-92-76-72(90)69(87)74(64(58-81)94-76)97-78-73(91)70(88)75(65(59-82)95-78)96-77-71(89)68(86)67(85)63(57-80)93-77/h61-65,67-78,80-83,85-91H,3-60H2,1-2H3,(H,79,84). The Morgan fingerprint density at radius 2 is 0.588 bits per heavy atom. The third-order valence-electron chi connectivity index (χ3n) is 20.9. The second-order valence-electron chi connectivity index (χ2n) is 29.6. The molecular weight excluding hydrogens is 1240 g/mol. The topological polar surface area (TPSA) is 307 Å². The molecule has 0 aromatic carbocycles. The molecule has 1 amide bonds. The van der Waals surface area contributed by atoms with E-state index in [1.165, 1.54) is 283 Å². The normalized spacial score (nSPS) is 26.8. The van der Waals surface area contributed by atoms with Crippen molar-refractivity contribution in [3.63, 3.8) is 0 Å². The van der Waals surface area contributed by atoms with Crippen molar-refractivity contribution in [1.82, 2.24) is 5.32 Å². The van der Waals surface area contributed by atoms with Gasteiger partial charge in [0.15, 0.2) is 18.9 Å². The fourth-order valence-corrected chi connectivity index (χ4v) is 14.4. The van der Waals surface area contributed by atoms with Crippen LogP contribution in [0.2, 0.25) is 0 Å². The molecule has 0 radical (unpaired) electrons. The van der Waals surface area contributed by atoms with Gasteiger partial charge in [-0.3, -0.25) is 4.79 Å². The summed E-state index contributed by atoms with van der Waals surface area (Å²) in [6.07, 6.45) is 42.1. The van der Waals surface area contributed by atoms with E-state index in [2.05, 4.69) is 19.2 Å². The van der Waals surface area contributed by atoms with Gasteiger partial charge in [0.2, 0.25) is 5.91 Å². The number of hydrogen-bond donors (Lipinski definition) is 12. The lowest BCUT2D eigenvalue weighted by Crippen LogP contribution is -2.66. The molecule has 3 saturated heterocycles. The van der Waals surface area contributed by atoms with Crippen LogP contribution in [0.1, 0.15) is 361 Å². The van der Waals surface area contributed by atoms with E-state index in [0.29, 0.717) is 12.8 Å². The van der Waals surface area contributed by atoms with Crippen LogP contribution >= 0.6 is 0 Å². The van der Waals surface area contributed by atoms with Gasteiger partial charge in [-0.2, -0.15) is 0 Å². The maximum atomic E-state index is 13.5. The highest BCUT2D eigenvalue weighted by atomic mass is 16.8. The molecule has 0 saturated carbocycles. The van der Waals surface area contributed by atoms with Gasteiger partial charge in [0, 0.05) is 6.42 Å². The number of carbonyl (C=O) groups is 1. The minimum atomic E-state index is -1.97. The first kappa shape index (κ1) is 90.0. The van der Waals surface area contributed by atoms with Crippen LogP contribution in [-0.4, -0.2) is 193 Å². The Kier molecular flexibility index (Phi) is 55.8. The molecule has 12 N–H and O–H groups in total. The van der Waals surface area contributed by atoms with E-state index in [1.54, 1.807) is 0 Å². The Morgan fingerprint density at radius 1 is 0.330 bits per heavy atom. The summed E-state index contributed by atoms with van der Waals surface area (Å²) >= 11 is 0. The predicted octanol–water partition coefficient (Wildman–Crippen LogP) is 13.4. The third kappa shape index (κ3) is 40.6. The molecule has 0 aromatic heterocycles. The van der Waals surface area contributed by atoms with Crippen LogP contribution < -0.4 is 5.32 Å². The molecule has 3 aliphatic rings. The van der Waals surface area contributed by atoms with Crippen molar-refractivity contribution in [1.29, 1.82) is 0 Å². The number of ether oxygens (including phenoxy) is 6. The molecule has 0 spiro atoms. The number of aliphatic hydroxyl groups is 11. The quantitative estimate of drug-likeness (QED) is 0.0252. The van der Waals surface area contributed by atoms with Crippen LogP contribution in [0.5, 0.6) is 0 Å². The van der Waals surface area contributed by atoms with Gasteiger partial charge in [0.1, 0.15) is 73.2 Å². The molecule has 97 heavy (non-hydrogen) atoms. The van der Waals surface area contributed by atoms with E-state index in [9.17, 15) is 61.0 Å². The highest BCUT2D eigenvalue weighted by Crippen LogP contribution is 2.33. The van der Waals surface area contributed by atoms with Crippen molar-refractivity contribution >= 4 is 5.91 Å². The second-order valence-corrected chi connectivity index (χ2v) is 29.6. The minimum Gasteiger partial charge on any atom is -0.394 e. The number of amides is 1. The Hall–Kier alpha value is -1.21. The fourth-order valence-electron chi connectivity index (χ4n) is 14.4. The van der Waals surface area contributed by atoms with Crippen molar-refractivity contribution in [2.45, 2.75) is 465 Å². The van der Waals surface area contributed by atoms with E-state index in [4.69, 9.17) is 28.4 Å². The summed E-state index contributed by atoms with van der Waals surface area (Å²) in [7, 11) is 0. The molecule has 3 fully saturated rings. The van der Waals surface area contributed by atoms with Gasteiger partial charge in [0.05, 0.1) is 38.6 Å². The maximum Gasteiger partial charge on any atom is 0.220 e. The summed E-state index contributed by atoms with van der Waals surface area (Å²) in [4.78, 5) is 13.5. The first-order valence-electron chi connectivity index (χ1n) is 40.8. The third-order valence-corrected chi connectivity index (χ3v) is 20.9. The highest BCUT2D eigenvalue weighted by Gasteiger charge is 2.54. The van der Waals surface area contributed by atoms with E-state index >= 15 is 0 Å². The van der Waals surface area contributed by atoms with Gasteiger partial charge in [-0.25, -0.2) is 0 Å².